The summed E-state index contributed by atoms with van der Waals surface area (Å²) >= 11 is 0. The highest BCUT2D eigenvalue weighted by atomic mass is 16.6. The number of aliphatic hydroxyl groups excluding tert-OH is 1. The smallest absolute Gasteiger partial charge is 0.161 e. The number of ether oxygens (including phenoxy) is 3. The fourth-order valence-electron chi connectivity index (χ4n) is 2.81. The van der Waals surface area contributed by atoms with Gasteiger partial charge in [-0.25, -0.2) is 0 Å². The lowest BCUT2D eigenvalue weighted by Crippen LogP contribution is -2.42. The summed E-state index contributed by atoms with van der Waals surface area (Å²) in [5, 5.41) is 10.2. The van der Waals surface area contributed by atoms with Gasteiger partial charge in [-0.1, -0.05) is 29.8 Å². The van der Waals surface area contributed by atoms with E-state index in [1.54, 1.807) is 0 Å². The van der Waals surface area contributed by atoms with Gasteiger partial charge in [0.05, 0.1) is 0 Å². The van der Waals surface area contributed by atoms with Crippen molar-refractivity contribution >= 4 is 0 Å². The molecule has 0 saturated heterocycles. The van der Waals surface area contributed by atoms with E-state index in [0.717, 1.165) is 17.2 Å². The van der Waals surface area contributed by atoms with Crippen LogP contribution in [-0.4, -0.2) is 55.6 Å². The maximum absolute atomic E-state index is 10.2. The molecule has 0 amide bonds. The number of rotatable bonds is 7. The minimum atomic E-state index is -0.567. The van der Waals surface area contributed by atoms with Gasteiger partial charge < -0.3 is 19.3 Å². The Labute approximate surface area is 148 Å². The van der Waals surface area contributed by atoms with Crippen LogP contribution >= 0.6 is 0 Å². The SMILES string of the molecule is Cc1ccc(OCC(O)CN(C)CC2COc3ccccc3O2)cc1. The molecule has 0 saturated carbocycles. The van der Waals surface area contributed by atoms with Gasteiger partial charge in [0, 0.05) is 13.1 Å². The molecular formula is C20H25NO4. The molecule has 1 aliphatic heterocycles. The second-order valence-electron chi connectivity index (χ2n) is 6.50. The lowest BCUT2D eigenvalue weighted by Gasteiger charge is -2.30. The molecule has 25 heavy (non-hydrogen) atoms. The molecule has 2 atom stereocenters. The van der Waals surface area contributed by atoms with Crippen LogP contribution in [0, 0.1) is 6.92 Å². The van der Waals surface area contributed by atoms with Gasteiger partial charge in [-0.15, -0.1) is 0 Å². The summed E-state index contributed by atoms with van der Waals surface area (Å²) in [5.74, 6) is 2.33. The highest BCUT2D eigenvalue weighted by Gasteiger charge is 2.22. The maximum atomic E-state index is 10.2. The second-order valence-corrected chi connectivity index (χ2v) is 6.50. The fraction of sp³-hybridized carbons (Fsp3) is 0.400. The number of hydrogen-bond acceptors (Lipinski definition) is 5. The minimum absolute atomic E-state index is 0.0508. The van der Waals surface area contributed by atoms with E-state index in [1.165, 1.54) is 5.56 Å². The molecule has 2 aromatic carbocycles. The van der Waals surface area contributed by atoms with E-state index in [0.29, 0.717) is 19.7 Å². The number of para-hydroxylation sites is 2. The Morgan fingerprint density at radius 3 is 2.64 bits per heavy atom. The average Bonchev–Trinajstić information content (AvgIpc) is 2.61. The predicted molar refractivity (Wildman–Crippen MR) is 96.5 cm³/mol. The molecule has 134 valence electrons. The Morgan fingerprint density at radius 2 is 1.88 bits per heavy atom. The van der Waals surface area contributed by atoms with Crippen LogP contribution in [0.3, 0.4) is 0 Å². The third kappa shape index (κ3) is 5.11. The van der Waals surface area contributed by atoms with Gasteiger partial charge in [0.2, 0.25) is 0 Å². The summed E-state index contributed by atoms with van der Waals surface area (Å²) < 4.78 is 17.3. The highest BCUT2D eigenvalue weighted by molar-refractivity contribution is 5.40. The highest BCUT2D eigenvalue weighted by Crippen LogP contribution is 2.30. The minimum Gasteiger partial charge on any atom is -0.491 e. The van der Waals surface area contributed by atoms with Crippen LogP contribution in [0.4, 0.5) is 0 Å². The van der Waals surface area contributed by atoms with E-state index in [1.807, 2.05) is 67.4 Å². The number of likely N-dealkylation sites (N-methyl/N-ethyl adjacent to an activating group) is 1. The molecule has 2 unspecified atom stereocenters. The average molecular weight is 343 g/mol. The Balaban J connectivity index is 1.41. The van der Waals surface area contributed by atoms with E-state index in [9.17, 15) is 5.11 Å². The van der Waals surface area contributed by atoms with Gasteiger partial charge in [0.1, 0.15) is 31.2 Å². The molecule has 0 aliphatic carbocycles. The third-order valence-electron chi connectivity index (χ3n) is 4.07. The first-order valence-electron chi connectivity index (χ1n) is 8.55. The van der Waals surface area contributed by atoms with Crippen LogP contribution in [0.5, 0.6) is 17.2 Å². The van der Waals surface area contributed by atoms with Gasteiger partial charge in [0.15, 0.2) is 11.5 Å². The van der Waals surface area contributed by atoms with E-state index in [4.69, 9.17) is 14.2 Å². The molecule has 3 rings (SSSR count). The molecule has 1 aliphatic rings. The van der Waals surface area contributed by atoms with Gasteiger partial charge in [-0.2, -0.15) is 0 Å². The zero-order valence-electron chi connectivity index (χ0n) is 14.7. The Hall–Kier alpha value is -2.24. The van der Waals surface area contributed by atoms with Crippen molar-refractivity contribution in [2.45, 2.75) is 19.1 Å². The van der Waals surface area contributed by atoms with Crippen LogP contribution in [0.25, 0.3) is 0 Å². The molecule has 0 fully saturated rings. The molecule has 0 aromatic heterocycles. The van der Waals surface area contributed by atoms with Crippen molar-refractivity contribution in [3.63, 3.8) is 0 Å². The summed E-state index contributed by atoms with van der Waals surface area (Å²) in [7, 11) is 1.96. The summed E-state index contributed by atoms with van der Waals surface area (Å²) in [6, 6.07) is 15.5. The Bertz CT molecular complexity index is 674. The number of benzene rings is 2. The topological polar surface area (TPSA) is 51.2 Å². The number of aliphatic hydroxyl groups is 1. The Kier molecular flexibility index (Phi) is 5.79. The zero-order chi connectivity index (χ0) is 17.6. The lowest BCUT2D eigenvalue weighted by molar-refractivity contribution is 0.0374. The number of nitrogens with zero attached hydrogens (tertiary/aromatic N) is 1. The van der Waals surface area contributed by atoms with Crippen LogP contribution in [0.2, 0.25) is 0 Å². The van der Waals surface area contributed by atoms with Gasteiger partial charge in [-0.05, 0) is 38.2 Å². The quantitative estimate of drug-likeness (QED) is 0.837. The van der Waals surface area contributed by atoms with Crippen LogP contribution in [-0.2, 0) is 0 Å². The van der Waals surface area contributed by atoms with Crippen molar-refractivity contribution in [1.82, 2.24) is 4.90 Å². The normalized spacial score (nSPS) is 17.4. The molecule has 1 N–H and O–H groups in total. The standard InChI is InChI=1S/C20H25NO4/c1-15-7-9-17(10-8-15)23-13-16(22)11-21(2)12-18-14-24-19-5-3-4-6-20(19)25-18/h3-10,16,18,22H,11-14H2,1-2H3. The van der Waals surface area contributed by atoms with Crippen molar-refractivity contribution in [3.8, 4) is 17.2 Å². The molecule has 0 radical (unpaired) electrons. The van der Waals surface area contributed by atoms with E-state index in [-0.39, 0.29) is 12.7 Å². The molecular weight excluding hydrogens is 318 g/mol. The molecule has 2 aromatic rings. The van der Waals surface area contributed by atoms with Crippen LogP contribution in [0.15, 0.2) is 48.5 Å². The van der Waals surface area contributed by atoms with Crippen molar-refractivity contribution < 1.29 is 19.3 Å². The lowest BCUT2D eigenvalue weighted by atomic mass is 10.2. The van der Waals surface area contributed by atoms with Crippen molar-refractivity contribution in [1.29, 1.82) is 0 Å². The van der Waals surface area contributed by atoms with Crippen molar-refractivity contribution in [2.24, 2.45) is 0 Å². The van der Waals surface area contributed by atoms with Gasteiger partial charge >= 0.3 is 0 Å². The van der Waals surface area contributed by atoms with Crippen LogP contribution < -0.4 is 14.2 Å². The number of fused-ring (bicyclic) bond motifs is 1. The first kappa shape index (κ1) is 17.6. The zero-order valence-corrected chi connectivity index (χ0v) is 14.7. The summed E-state index contributed by atoms with van der Waals surface area (Å²) in [6.45, 7) is 3.99. The first-order chi connectivity index (χ1) is 12.1. The second kappa shape index (κ2) is 8.23. The first-order valence-corrected chi connectivity index (χ1v) is 8.55. The van der Waals surface area contributed by atoms with Gasteiger partial charge in [0.25, 0.3) is 0 Å². The Morgan fingerprint density at radius 1 is 1.16 bits per heavy atom. The predicted octanol–water partition coefficient (Wildman–Crippen LogP) is 2.51. The monoisotopic (exact) mass is 343 g/mol. The number of hydrogen-bond donors (Lipinski definition) is 1. The van der Waals surface area contributed by atoms with Crippen molar-refractivity contribution in [2.75, 3.05) is 33.4 Å². The van der Waals surface area contributed by atoms with E-state index < -0.39 is 6.10 Å². The summed E-state index contributed by atoms with van der Waals surface area (Å²) in [6.07, 6.45) is -0.617. The molecule has 5 nitrogen and oxygen atoms in total. The molecule has 1 heterocycles. The van der Waals surface area contributed by atoms with Gasteiger partial charge in [-0.3, -0.25) is 4.90 Å². The summed E-state index contributed by atoms with van der Waals surface area (Å²) in [5.41, 5.74) is 1.18. The molecule has 0 bridgehead atoms. The maximum Gasteiger partial charge on any atom is 0.161 e. The molecule has 5 heteroatoms. The van der Waals surface area contributed by atoms with Crippen LogP contribution in [0.1, 0.15) is 5.56 Å². The summed E-state index contributed by atoms with van der Waals surface area (Å²) in [4.78, 5) is 2.03. The number of aryl methyl sites for hydroxylation is 1. The fourth-order valence-corrected chi connectivity index (χ4v) is 2.81. The van der Waals surface area contributed by atoms with Crippen molar-refractivity contribution in [3.05, 3.63) is 54.1 Å². The van der Waals surface area contributed by atoms with E-state index in [2.05, 4.69) is 0 Å². The largest absolute Gasteiger partial charge is 0.491 e. The third-order valence-corrected chi connectivity index (χ3v) is 4.07. The van der Waals surface area contributed by atoms with E-state index >= 15 is 0 Å². The molecule has 0 spiro atoms.